The number of ether oxygens (including phenoxy) is 1. The van der Waals surface area contributed by atoms with E-state index in [0.717, 1.165) is 48.5 Å². The summed E-state index contributed by atoms with van der Waals surface area (Å²) < 4.78 is 8.33. The molecular weight excluding hydrogens is 374 g/mol. The number of benzene rings is 2. The van der Waals surface area contributed by atoms with Crippen LogP contribution in [0.4, 0.5) is 0 Å². The van der Waals surface area contributed by atoms with Gasteiger partial charge in [0.05, 0.1) is 17.6 Å². The van der Waals surface area contributed by atoms with Gasteiger partial charge in [-0.25, -0.2) is 4.98 Å². The molecular formula is C25H31N3O2. The second-order valence-electron chi connectivity index (χ2n) is 8.38. The van der Waals surface area contributed by atoms with Crippen LogP contribution in [-0.4, -0.2) is 40.1 Å². The monoisotopic (exact) mass is 405 g/mol. The minimum atomic E-state index is 0.142. The lowest BCUT2D eigenvalue weighted by Crippen LogP contribution is -2.26. The van der Waals surface area contributed by atoms with Gasteiger partial charge >= 0.3 is 0 Å². The minimum Gasteiger partial charge on any atom is -0.492 e. The number of rotatable bonds is 8. The molecule has 1 aliphatic heterocycles. The number of carbonyl (C=O) groups is 1. The molecule has 30 heavy (non-hydrogen) atoms. The fraction of sp³-hybridized carbons (Fsp3) is 0.440. The van der Waals surface area contributed by atoms with Crippen molar-refractivity contribution in [1.29, 1.82) is 0 Å². The average molecular weight is 406 g/mol. The molecule has 1 aromatic heterocycles. The Morgan fingerprint density at radius 3 is 2.63 bits per heavy atom. The Kier molecular flexibility index (Phi) is 6.07. The molecule has 158 valence electrons. The molecule has 2 aromatic carbocycles. The zero-order chi connectivity index (χ0) is 21.1. The van der Waals surface area contributed by atoms with E-state index in [4.69, 9.17) is 9.72 Å². The minimum absolute atomic E-state index is 0.142. The van der Waals surface area contributed by atoms with E-state index in [-0.39, 0.29) is 11.8 Å². The molecule has 1 atom stereocenters. The summed E-state index contributed by atoms with van der Waals surface area (Å²) in [6.45, 7) is 9.22. The van der Waals surface area contributed by atoms with Crippen LogP contribution in [-0.2, 0) is 11.3 Å². The molecule has 1 fully saturated rings. The van der Waals surface area contributed by atoms with Crippen LogP contribution in [0.5, 0.6) is 5.75 Å². The van der Waals surface area contributed by atoms with Crippen LogP contribution in [0.15, 0.2) is 42.5 Å². The molecule has 0 radical (unpaired) electrons. The number of likely N-dealkylation sites (tertiary alicyclic amines) is 1. The van der Waals surface area contributed by atoms with E-state index < -0.39 is 0 Å². The van der Waals surface area contributed by atoms with Gasteiger partial charge in [-0.3, -0.25) is 4.79 Å². The number of hydrogen-bond donors (Lipinski definition) is 0. The van der Waals surface area contributed by atoms with E-state index in [1.807, 2.05) is 23.1 Å². The highest BCUT2D eigenvalue weighted by molar-refractivity contribution is 5.80. The van der Waals surface area contributed by atoms with E-state index in [9.17, 15) is 4.79 Å². The van der Waals surface area contributed by atoms with Crippen molar-refractivity contribution in [3.63, 3.8) is 0 Å². The van der Waals surface area contributed by atoms with E-state index in [0.29, 0.717) is 19.6 Å². The maximum atomic E-state index is 12.5. The highest BCUT2D eigenvalue weighted by atomic mass is 16.5. The average Bonchev–Trinajstić information content (AvgIpc) is 3.26. The first-order chi connectivity index (χ1) is 14.5. The zero-order valence-corrected chi connectivity index (χ0v) is 18.2. The molecule has 5 nitrogen and oxygen atoms in total. The van der Waals surface area contributed by atoms with E-state index in [2.05, 4.69) is 49.6 Å². The Bertz CT molecular complexity index is 1020. The van der Waals surface area contributed by atoms with Gasteiger partial charge in [-0.15, -0.1) is 0 Å². The van der Waals surface area contributed by atoms with Crippen LogP contribution >= 0.6 is 0 Å². The highest BCUT2D eigenvalue weighted by Gasteiger charge is 2.33. The number of aryl methyl sites for hydroxylation is 2. The molecule has 2 heterocycles. The summed E-state index contributed by atoms with van der Waals surface area (Å²) in [4.78, 5) is 19.4. The molecule has 1 aliphatic rings. The van der Waals surface area contributed by atoms with Crippen molar-refractivity contribution in [2.45, 2.75) is 52.5 Å². The number of amides is 1. The predicted molar refractivity (Wildman–Crippen MR) is 120 cm³/mol. The maximum absolute atomic E-state index is 12.5. The lowest BCUT2D eigenvalue weighted by molar-refractivity contribution is -0.127. The normalized spacial score (nSPS) is 16.6. The molecule has 0 spiro atoms. The van der Waals surface area contributed by atoms with Gasteiger partial charge in [0.2, 0.25) is 5.91 Å². The largest absolute Gasteiger partial charge is 0.492 e. The molecule has 1 amide bonds. The number of imidazole rings is 1. The van der Waals surface area contributed by atoms with E-state index >= 15 is 0 Å². The second kappa shape index (κ2) is 8.90. The van der Waals surface area contributed by atoms with Gasteiger partial charge in [-0.05, 0) is 55.7 Å². The standard InChI is InChI=1S/C25H31N3O2/c1-4-5-10-27-17-20(16-24(27)29)25-26-22-8-6-7-9-23(22)28(25)11-12-30-21-14-18(2)13-19(3)15-21/h6-9,13-15,20H,4-5,10-12,16-17H2,1-3H3. The fourth-order valence-electron chi connectivity index (χ4n) is 4.42. The van der Waals surface area contributed by atoms with Crippen LogP contribution in [0.2, 0.25) is 0 Å². The Labute approximate surface area is 178 Å². The lowest BCUT2D eigenvalue weighted by Gasteiger charge is -2.17. The Balaban J connectivity index is 1.54. The van der Waals surface area contributed by atoms with Crippen molar-refractivity contribution in [3.05, 3.63) is 59.4 Å². The molecule has 1 saturated heterocycles. The predicted octanol–water partition coefficient (Wildman–Crippen LogP) is 4.85. The van der Waals surface area contributed by atoms with Crippen LogP contribution in [0.25, 0.3) is 11.0 Å². The summed E-state index contributed by atoms with van der Waals surface area (Å²) in [5.41, 5.74) is 4.50. The lowest BCUT2D eigenvalue weighted by atomic mass is 10.1. The van der Waals surface area contributed by atoms with Crippen molar-refractivity contribution in [1.82, 2.24) is 14.5 Å². The quantitative estimate of drug-likeness (QED) is 0.538. The number of carbonyl (C=O) groups excluding carboxylic acids is 1. The van der Waals surface area contributed by atoms with Crippen LogP contribution in [0.3, 0.4) is 0 Å². The van der Waals surface area contributed by atoms with Crippen molar-refractivity contribution in [2.24, 2.45) is 0 Å². The van der Waals surface area contributed by atoms with Gasteiger partial charge in [0.1, 0.15) is 18.2 Å². The summed E-state index contributed by atoms with van der Waals surface area (Å²) in [5, 5.41) is 0. The molecule has 4 rings (SSSR count). The summed E-state index contributed by atoms with van der Waals surface area (Å²) in [5.74, 6) is 2.30. The topological polar surface area (TPSA) is 47.4 Å². The summed E-state index contributed by atoms with van der Waals surface area (Å²) in [7, 11) is 0. The van der Waals surface area contributed by atoms with E-state index in [1.165, 1.54) is 11.1 Å². The Morgan fingerprint density at radius 2 is 1.87 bits per heavy atom. The van der Waals surface area contributed by atoms with E-state index in [1.54, 1.807) is 0 Å². The van der Waals surface area contributed by atoms with Crippen LogP contribution < -0.4 is 4.74 Å². The third-order valence-corrected chi connectivity index (χ3v) is 5.82. The van der Waals surface area contributed by atoms with Gasteiger partial charge in [0.15, 0.2) is 0 Å². The summed E-state index contributed by atoms with van der Waals surface area (Å²) >= 11 is 0. The number of aromatic nitrogens is 2. The smallest absolute Gasteiger partial charge is 0.223 e. The van der Waals surface area contributed by atoms with Gasteiger partial charge in [0, 0.05) is 25.4 Å². The van der Waals surface area contributed by atoms with Gasteiger partial charge in [-0.1, -0.05) is 31.5 Å². The fourth-order valence-corrected chi connectivity index (χ4v) is 4.42. The van der Waals surface area contributed by atoms with Gasteiger partial charge in [-0.2, -0.15) is 0 Å². The molecule has 0 saturated carbocycles. The zero-order valence-electron chi connectivity index (χ0n) is 18.2. The van der Waals surface area contributed by atoms with Crippen molar-refractivity contribution < 1.29 is 9.53 Å². The third kappa shape index (κ3) is 4.35. The number of nitrogens with zero attached hydrogens (tertiary/aromatic N) is 3. The molecule has 1 unspecified atom stereocenters. The highest BCUT2D eigenvalue weighted by Crippen LogP contribution is 2.30. The molecule has 0 N–H and O–H groups in total. The molecule has 3 aromatic rings. The second-order valence-corrected chi connectivity index (χ2v) is 8.38. The van der Waals surface area contributed by atoms with Crippen molar-refractivity contribution in [2.75, 3.05) is 19.7 Å². The number of unbranched alkanes of at least 4 members (excludes halogenated alkanes) is 1. The number of para-hydroxylation sites is 2. The molecule has 0 aliphatic carbocycles. The maximum Gasteiger partial charge on any atom is 0.223 e. The molecule has 5 heteroatoms. The van der Waals surface area contributed by atoms with Gasteiger partial charge < -0.3 is 14.2 Å². The first-order valence-electron chi connectivity index (χ1n) is 11.0. The SMILES string of the molecule is CCCCN1CC(c2nc3ccccc3n2CCOc2cc(C)cc(C)c2)CC1=O. The molecule has 0 bridgehead atoms. The third-order valence-electron chi connectivity index (χ3n) is 5.82. The van der Waals surface area contributed by atoms with Crippen molar-refractivity contribution >= 4 is 16.9 Å². The van der Waals surface area contributed by atoms with Crippen molar-refractivity contribution in [3.8, 4) is 5.75 Å². The number of hydrogen-bond acceptors (Lipinski definition) is 3. The van der Waals surface area contributed by atoms with Crippen LogP contribution in [0, 0.1) is 13.8 Å². The first-order valence-corrected chi connectivity index (χ1v) is 11.0. The van der Waals surface area contributed by atoms with Crippen LogP contribution in [0.1, 0.15) is 49.1 Å². The summed E-state index contributed by atoms with van der Waals surface area (Å²) in [6.07, 6.45) is 2.70. The number of fused-ring (bicyclic) bond motifs is 1. The Hall–Kier alpha value is -2.82. The first kappa shape index (κ1) is 20.5. The Morgan fingerprint density at radius 1 is 1.10 bits per heavy atom. The summed E-state index contributed by atoms with van der Waals surface area (Å²) in [6, 6.07) is 14.5. The van der Waals surface area contributed by atoms with Gasteiger partial charge in [0.25, 0.3) is 0 Å².